The van der Waals surface area contributed by atoms with E-state index in [0.717, 1.165) is 54.8 Å². The first-order chi connectivity index (χ1) is 15.6. The normalized spacial score (nSPS) is 18.2. The molecule has 1 atom stereocenters. The average Bonchev–Trinajstić information content (AvgIpc) is 3.26. The largest absolute Gasteiger partial charge is 0.454 e. The van der Waals surface area contributed by atoms with E-state index in [1.165, 1.54) is 11.1 Å². The molecule has 0 bridgehead atoms. The zero-order valence-electron chi connectivity index (χ0n) is 17.4. The maximum Gasteiger partial charge on any atom is 0.231 e. The minimum atomic E-state index is 0.163. The van der Waals surface area contributed by atoms with Crippen LogP contribution in [0.4, 0.5) is 5.69 Å². The van der Waals surface area contributed by atoms with Crippen molar-refractivity contribution in [2.75, 3.05) is 37.9 Å². The van der Waals surface area contributed by atoms with Gasteiger partial charge in [-0.1, -0.05) is 53.0 Å². The van der Waals surface area contributed by atoms with Crippen molar-refractivity contribution in [3.8, 4) is 11.5 Å². The molecule has 1 fully saturated rings. The van der Waals surface area contributed by atoms with E-state index in [9.17, 15) is 0 Å². The standard InChI is InChI=1S/C25H23Cl3N2O2/c26-19-4-2-18(3-5-19)23-15-29(10-9-17-1-8-24-25(13-17)32-16-31-24)11-12-30(23)22-7-6-20(27)14-21(22)28/h1-8,13-14,23H,9-12,15-16H2. The van der Waals surface area contributed by atoms with Crippen LogP contribution in [0.15, 0.2) is 60.7 Å². The second kappa shape index (κ2) is 9.40. The highest BCUT2D eigenvalue weighted by atomic mass is 35.5. The molecule has 32 heavy (non-hydrogen) atoms. The van der Waals surface area contributed by atoms with Gasteiger partial charge in [0.15, 0.2) is 11.5 Å². The van der Waals surface area contributed by atoms with Gasteiger partial charge < -0.3 is 14.4 Å². The van der Waals surface area contributed by atoms with E-state index in [4.69, 9.17) is 44.3 Å². The summed E-state index contributed by atoms with van der Waals surface area (Å²) in [6.07, 6.45) is 0.950. The molecule has 3 aromatic rings. The molecule has 0 amide bonds. The Labute approximate surface area is 203 Å². The number of benzene rings is 3. The molecule has 166 valence electrons. The van der Waals surface area contributed by atoms with Gasteiger partial charge in [-0.25, -0.2) is 0 Å². The van der Waals surface area contributed by atoms with Crippen molar-refractivity contribution in [1.82, 2.24) is 4.90 Å². The van der Waals surface area contributed by atoms with Gasteiger partial charge in [0, 0.05) is 36.2 Å². The summed E-state index contributed by atoms with van der Waals surface area (Å²) in [6, 6.07) is 20.2. The molecule has 0 spiro atoms. The molecule has 2 aliphatic rings. The van der Waals surface area contributed by atoms with Gasteiger partial charge in [-0.05, 0) is 60.0 Å². The van der Waals surface area contributed by atoms with E-state index in [2.05, 4.69) is 34.1 Å². The van der Waals surface area contributed by atoms with Crippen LogP contribution in [0.2, 0.25) is 15.1 Å². The fourth-order valence-corrected chi connectivity index (χ4v) is 5.04. The van der Waals surface area contributed by atoms with Crippen LogP contribution >= 0.6 is 34.8 Å². The highest BCUT2D eigenvalue weighted by molar-refractivity contribution is 6.36. The van der Waals surface area contributed by atoms with Gasteiger partial charge in [-0.3, -0.25) is 4.90 Å². The molecule has 0 N–H and O–H groups in total. The minimum absolute atomic E-state index is 0.163. The van der Waals surface area contributed by atoms with Gasteiger partial charge in [0.1, 0.15) is 0 Å². The molecule has 0 saturated carbocycles. The Kier molecular flexibility index (Phi) is 6.38. The Bertz CT molecular complexity index is 1110. The van der Waals surface area contributed by atoms with Gasteiger partial charge in [0.05, 0.1) is 16.8 Å². The van der Waals surface area contributed by atoms with Crippen molar-refractivity contribution in [2.24, 2.45) is 0 Å². The van der Waals surface area contributed by atoms with Crippen LogP contribution in [0, 0.1) is 0 Å². The SMILES string of the molecule is Clc1ccc(C2CN(CCc3ccc4c(c3)OCO4)CCN2c2ccc(Cl)cc2Cl)cc1. The van der Waals surface area contributed by atoms with Crippen LogP contribution in [0.1, 0.15) is 17.2 Å². The predicted octanol–water partition coefficient (Wildman–Crippen LogP) is 6.48. The van der Waals surface area contributed by atoms with Crippen molar-refractivity contribution < 1.29 is 9.47 Å². The lowest BCUT2D eigenvalue weighted by atomic mass is 10.0. The minimum Gasteiger partial charge on any atom is -0.454 e. The highest BCUT2D eigenvalue weighted by Gasteiger charge is 2.29. The molecule has 3 aromatic carbocycles. The Hall–Kier alpha value is -2.11. The molecule has 0 aromatic heterocycles. The first-order valence-electron chi connectivity index (χ1n) is 10.6. The Morgan fingerprint density at radius 2 is 1.59 bits per heavy atom. The molecule has 7 heteroatoms. The monoisotopic (exact) mass is 488 g/mol. The zero-order chi connectivity index (χ0) is 22.1. The van der Waals surface area contributed by atoms with E-state index in [0.29, 0.717) is 16.8 Å². The molecule has 2 heterocycles. The maximum atomic E-state index is 6.58. The van der Waals surface area contributed by atoms with Gasteiger partial charge in [-0.2, -0.15) is 0 Å². The molecular formula is C25H23Cl3N2O2. The molecule has 2 aliphatic heterocycles. The molecule has 0 aliphatic carbocycles. The highest BCUT2D eigenvalue weighted by Crippen LogP contribution is 2.37. The summed E-state index contributed by atoms with van der Waals surface area (Å²) in [5.41, 5.74) is 3.47. The Balaban J connectivity index is 1.34. The number of rotatable bonds is 5. The van der Waals surface area contributed by atoms with E-state index in [1.54, 1.807) is 0 Å². The number of nitrogens with zero attached hydrogens (tertiary/aromatic N) is 2. The van der Waals surface area contributed by atoms with Crippen LogP contribution in [0.25, 0.3) is 0 Å². The predicted molar refractivity (Wildman–Crippen MR) is 131 cm³/mol. The molecule has 1 unspecified atom stereocenters. The second-order valence-electron chi connectivity index (χ2n) is 8.09. The van der Waals surface area contributed by atoms with E-state index in [1.807, 2.05) is 36.4 Å². The summed E-state index contributed by atoms with van der Waals surface area (Å²) in [5, 5.41) is 2.05. The Morgan fingerprint density at radius 3 is 2.41 bits per heavy atom. The topological polar surface area (TPSA) is 24.9 Å². The van der Waals surface area contributed by atoms with Crippen LogP contribution in [0.5, 0.6) is 11.5 Å². The summed E-state index contributed by atoms with van der Waals surface area (Å²) < 4.78 is 10.9. The van der Waals surface area contributed by atoms with Crippen LogP contribution in [-0.2, 0) is 6.42 Å². The summed E-state index contributed by atoms with van der Waals surface area (Å²) >= 11 is 18.9. The molecule has 0 radical (unpaired) electrons. The van der Waals surface area contributed by atoms with E-state index >= 15 is 0 Å². The molecule has 5 rings (SSSR count). The van der Waals surface area contributed by atoms with Gasteiger partial charge in [0.25, 0.3) is 0 Å². The van der Waals surface area contributed by atoms with Gasteiger partial charge >= 0.3 is 0 Å². The number of ether oxygens (including phenoxy) is 2. The van der Waals surface area contributed by atoms with Crippen molar-refractivity contribution in [1.29, 1.82) is 0 Å². The number of fused-ring (bicyclic) bond motifs is 1. The van der Waals surface area contributed by atoms with Crippen LogP contribution in [0.3, 0.4) is 0 Å². The number of hydrogen-bond acceptors (Lipinski definition) is 4. The van der Waals surface area contributed by atoms with Crippen molar-refractivity contribution in [2.45, 2.75) is 12.5 Å². The zero-order valence-corrected chi connectivity index (χ0v) is 19.7. The van der Waals surface area contributed by atoms with Crippen LogP contribution in [-0.4, -0.2) is 37.9 Å². The smallest absolute Gasteiger partial charge is 0.231 e. The van der Waals surface area contributed by atoms with Crippen molar-refractivity contribution in [3.63, 3.8) is 0 Å². The van der Waals surface area contributed by atoms with Gasteiger partial charge in [0.2, 0.25) is 6.79 Å². The number of anilines is 1. The fraction of sp³-hybridized carbons (Fsp3) is 0.280. The summed E-state index contributed by atoms with van der Waals surface area (Å²) in [6.45, 7) is 3.98. The second-order valence-corrected chi connectivity index (χ2v) is 9.37. The third-order valence-electron chi connectivity index (χ3n) is 6.09. The van der Waals surface area contributed by atoms with Crippen molar-refractivity contribution in [3.05, 3.63) is 86.9 Å². The third-order valence-corrected chi connectivity index (χ3v) is 6.88. The lowest BCUT2D eigenvalue weighted by Crippen LogP contribution is -2.49. The molecule has 1 saturated heterocycles. The first-order valence-corrected chi connectivity index (χ1v) is 11.8. The summed E-state index contributed by atoms with van der Waals surface area (Å²) in [5.74, 6) is 1.66. The molecule has 4 nitrogen and oxygen atoms in total. The number of hydrogen-bond donors (Lipinski definition) is 0. The maximum absolute atomic E-state index is 6.58. The quantitative estimate of drug-likeness (QED) is 0.409. The Morgan fingerprint density at radius 1 is 0.812 bits per heavy atom. The first kappa shape index (κ1) is 21.7. The summed E-state index contributed by atoms with van der Waals surface area (Å²) in [7, 11) is 0. The fourth-order valence-electron chi connectivity index (χ4n) is 4.40. The van der Waals surface area contributed by atoms with E-state index in [-0.39, 0.29) is 6.04 Å². The lowest BCUT2D eigenvalue weighted by molar-refractivity contribution is 0.174. The summed E-state index contributed by atoms with van der Waals surface area (Å²) in [4.78, 5) is 4.88. The van der Waals surface area contributed by atoms with Gasteiger partial charge in [-0.15, -0.1) is 0 Å². The average molecular weight is 490 g/mol. The molecular weight excluding hydrogens is 467 g/mol. The lowest BCUT2D eigenvalue weighted by Gasteiger charge is -2.43. The number of halogens is 3. The van der Waals surface area contributed by atoms with E-state index < -0.39 is 0 Å². The van der Waals surface area contributed by atoms with Crippen LogP contribution < -0.4 is 14.4 Å². The third kappa shape index (κ3) is 4.65. The number of piperazine rings is 1. The van der Waals surface area contributed by atoms with Crippen molar-refractivity contribution >= 4 is 40.5 Å².